The molecule has 0 bridgehead atoms. The Kier molecular flexibility index (Phi) is 3.27. The number of amides is 1. The van der Waals surface area contributed by atoms with Crippen molar-refractivity contribution in [1.29, 1.82) is 0 Å². The van der Waals surface area contributed by atoms with Crippen LogP contribution in [-0.2, 0) is 16.0 Å². The Hall–Kier alpha value is -1.84. The van der Waals surface area contributed by atoms with Gasteiger partial charge in [0.05, 0.1) is 0 Å². The Balaban J connectivity index is 1.90. The Morgan fingerprint density at radius 1 is 1.38 bits per heavy atom. The van der Waals surface area contributed by atoms with Gasteiger partial charge in [0, 0.05) is 12.5 Å². The molecule has 1 aromatic rings. The maximum absolute atomic E-state index is 12.7. The molecule has 1 amide bonds. The molecule has 3 unspecified atom stereocenters. The molecule has 21 heavy (non-hydrogen) atoms. The van der Waals surface area contributed by atoms with Gasteiger partial charge in [-0.05, 0) is 35.8 Å². The van der Waals surface area contributed by atoms with Crippen molar-refractivity contribution in [3.8, 4) is 0 Å². The van der Waals surface area contributed by atoms with Gasteiger partial charge in [-0.25, -0.2) is 4.79 Å². The van der Waals surface area contributed by atoms with E-state index in [4.69, 9.17) is 0 Å². The smallest absolute Gasteiger partial charge is 0.331 e. The first-order valence-corrected chi connectivity index (χ1v) is 7.59. The minimum Gasteiger partial charge on any atom is -0.479 e. The second-order valence-electron chi connectivity index (χ2n) is 6.49. The number of nitrogens with zero attached hydrogens (tertiary/aromatic N) is 1. The Labute approximate surface area is 124 Å². The molecule has 1 aliphatic heterocycles. The van der Waals surface area contributed by atoms with Gasteiger partial charge < -0.3 is 10.0 Å². The van der Waals surface area contributed by atoms with E-state index < -0.39 is 12.0 Å². The second-order valence-corrected chi connectivity index (χ2v) is 6.49. The van der Waals surface area contributed by atoms with Gasteiger partial charge in [-0.15, -0.1) is 0 Å². The standard InChI is InChI=1S/C17H21NO3/c1-3-17(2)10-13(17)15(19)18-9-8-11-6-4-5-7-12(11)14(18)16(20)21/h4-7,13-14H,3,8-10H2,1-2H3,(H,20,21). The zero-order valence-electron chi connectivity index (χ0n) is 12.5. The lowest BCUT2D eigenvalue weighted by atomic mass is 9.91. The molecule has 1 heterocycles. The monoisotopic (exact) mass is 287 g/mol. The van der Waals surface area contributed by atoms with Crippen LogP contribution in [0.1, 0.15) is 43.9 Å². The molecular weight excluding hydrogens is 266 g/mol. The summed E-state index contributed by atoms with van der Waals surface area (Å²) in [4.78, 5) is 26.0. The van der Waals surface area contributed by atoms with Gasteiger partial charge in [-0.1, -0.05) is 38.1 Å². The summed E-state index contributed by atoms with van der Waals surface area (Å²) in [6.45, 7) is 4.71. The number of fused-ring (bicyclic) bond motifs is 1. The van der Waals surface area contributed by atoms with Crippen molar-refractivity contribution in [2.75, 3.05) is 6.54 Å². The van der Waals surface area contributed by atoms with Gasteiger partial charge in [0.25, 0.3) is 0 Å². The zero-order valence-corrected chi connectivity index (χ0v) is 12.5. The third-order valence-electron chi connectivity index (χ3n) is 5.26. The molecule has 1 fully saturated rings. The number of carbonyl (C=O) groups is 2. The van der Waals surface area contributed by atoms with Crippen LogP contribution in [0.3, 0.4) is 0 Å². The molecule has 1 saturated carbocycles. The molecule has 0 aromatic heterocycles. The molecule has 0 saturated heterocycles. The van der Waals surface area contributed by atoms with Crippen molar-refractivity contribution in [2.45, 2.75) is 39.2 Å². The largest absolute Gasteiger partial charge is 0.479 e. The van der Waals surface area contributed by atoms with E-state index in [9.17, 15) is 14.7 Å². The number of rotatable bonds is 3. The highest BCUT2D eigenvalue weighted by Gasteiger charge is 2.55. The Morgan fingerprint density at radius 3 is 2.71 bits per heavy atom. The van der Waals surface area contributed by atoms with Crippen LogP contribution in [0.25, 0.3) is 0 Å². The quantitative estimate of drug-likeness (QED) is 0.929. The number of aliphatic carboxylic acids is 1. The Morgan fingerprint density at radius 2 is 2.10 bits per heavy atom. The summed E-state index contributed by atoms with van der Waals surface area (Å²) < 4.78 is 0. The molecule has 4 heteroatoms. The van der Waals surface area contributed by atoms with Gasteiger partial charge in [0.2, 0.25) is 5.91 Å². The van der Waals surface area contributed by atoms with Crippen molar-refractivity contribution in [1.82, 2.24) is 4.90 Å². The highest BCUT2D eigenvalue weighted by Crippen LogP contribution is 2.56. The third kappa shape index (κ3) is 2.23. The molecule has 4 nitrogen and oxygen atoms in total. The minimum absolute atomic E-state index is 0.00499. The fraction of sp³-hybridized carbons (Fsp3) is 0.529. The highest BCUT2D eigenvalue weighted by molar-refractivity contribution is 5.88. The SMILES string of the molecule is CCC1(C)CC1C(=O)N1CCc2ccccc2C1C(=O)O. The first-order chi connectivity index (χ1) is 9.98. The number of hydrogen-bond donors (Lipinski definition) is 1. The average Bonchev–Trinajstić information content (AvgIpc) is 3.18. The summed E-state index contributed by atoms with van der Waals surface area (Å²) in [5.41, 5.74) is 1.88. The number of benzene rings is 1. The van der Waals surface area contributed by atoms with E-state index in [1.807, 2.05) is 24.3 Å². The van der Waals surface area contributed by atoms with Crippen LogP contribution in [0.2, 0.25) is 0 Å². The maximum Gasteiger partial charge on any atom is 0.331 e. The highest BCUT2D eigenvalue weighted by atomic mass is 16.4. The fourth-order valence-corrected chi connectivity index (χ4v) is 3.45. The summed E-state index contributed by atoms with van der Waals surface area (Å²) in [5, 5.41) is 9.60. The molecular formula is C17H21NO3. The lowest BCUT2D eigenvalue weighted by Gasteiger charge is -2.35. The van der Waals surface area contributed by atoms with Gasteiger partial charge >= 0.3 is 5.97 Å². The van der Waals surface area contributed by atoms with Gasteiger partial charge in [0.1, 0.15) is 0 Å². The van der Waals surface area contributed by atoms with Crippen LogP contribution < -0.4 is 0 Å². The molecule has 1 N–H and O–H groups in total. The van der Waals surface area contributed by atoms with Crippen LogP contribution in [0.5, 0.6) is 0 Å². The predicted octanol–water partition coefficient (Wildman–Crippen LogP) is 2.63. The van der Waals surface area contributed by atoms with E-state index >= 15 is 0 Å². The van der Waals surface area contributed by atoms with Crippen molar-refractivity contribution in [3.05, 3.63) is 35.4 Å². The minimum atomic E-state index is -0.936. The summed E-state index contributed by atoms with van der Waals surface area (Å²) in [5.74, 6) is -0.926. The van der Waals surface area contributed by atoms with Gasteiger partial charge in [-0.3, -0.25) is 4.79 Å². The molecule has 112 valence electrons. The van der Waals surface area contributed by atoms with Crippen LogP contribution >= 0.6 is 0 Å². The first-order valence-electron chi connectivity index (χ1n) is 7.59. The van der Waals surface area contributed by atoms with Crippen molar-refractivity contribution in [2.24, 2.45) is 11.3 Å². The van der Waals surface area contributed by atoms with E-state index in [1.54, 1.807) is 4.90 Å². The summed E-state index contributed by atoms with van der Waals surface area (Å²) >= 11 is 0. The van der Waals surface area contributed by atoms with Crippen LogP contribution in [0, 0.1) is 11.3 Å². The van der Waals surface area contributed by atoms with Crippen molar-refractivity contribution < 1.29 is 14.7 Å². The van der Waals surface area contributed by atoms with E-state index in [1.165, 1.54) is 0 Å². The molecule has 3 atom stereocenters. The van der Waals surface area contributed by atoms with Crippen molar-refractivity contribution in [3.63, 3.8) is 0 Å². The first kappa shape index (κ1) is 14.1. The summed E-state index contributed by atoms with van der Waals surface area (Å²) in [6, 6.07) is 6.73. The zero-order chi connectivity index (χ0) is 15.2. The molecule has 1 aromatic carbocycles. The van der Waals surface area contributed by atoms with E-state index in [0.717, 1.165) is 30.4 Å². The van der Waals surface area contributed by atoms with Crippen LogP contribution in [0.15, 0.2) is 24.3 Å². The molecule has 2 aliphatic rings. The predicted molar refractivity (Wildman–Crippen MR) is 78.7 cm³/mol. The van der Waals surface area contributed by atoms with E-state index in [0.29, 0.717) is 6.54 Å². The summed E-state index contributed by atoms with van der Waals surface area (Å²) in [6.07, 6.45) is 2.58. The van der Waals surface area contributed by atoms with Crippen LogP contribution in [-0.4, -0.2) is 28.4 Å². The van der Waals surface area contributed by atoms with E-state index in [2.05, 4.69) is 13.8 Å². The molecule has 0 radical (unpaired) electrons. The number of hydrogen-bond acceptors (Lipinski definition) is 2. The third-order valence-corrected chi connectivity index (χ3v) is 5.26. The second kappa shape index (κ2) is 4.86. The van der Waals surface area contributed by atoms with Crippen LogP contribution in [0.4, 0.5) is 0 Å². The molecule has 1 aliphatic carbocycles. The lowest BCUT2D eigenvalue weighted by Crippen LogP contribution is -2.44. The molecule has 0 spiro atoms. The topological polar surface area (TPSA) is 57.6 Å². The van der Waals surface area contributed by atoms with Gasteiger partial charge in [0.15, 0.2) is 6.04 Å². The van der Waals surface area contributed by atoms with Crippen molar-refractivity contribution >= 4 is 11.9 Å². The lowest BCUT2D eigenvalue weighted by molar-refractivity contribution is -0.152. The normalized spacial score (nSPS) is 30.7. The van der Waals surface area contributed by atoms with Gasteiger partial charge in [-0.2, -0.15) is 0 Å². The van der Waals surface area contributed by atoms with E-state index in [-0.39, 0.29) is 17.2 Å². The maximum atomic E-state index is 12.7. The molecule has 3 rings (SSSR count). The average molecular weight is 287 g/mol. The fourth-order valence-electron chi connectivity index (χ4n) is 3.45. The number of carboxylic acid groups (broad SMARTS) is 1. The summed E-state index contributed by atoms with van der Waals surface area (Å²) in [7, 11) is 0. The Bertz CT molecular complexity index is 597. The number of carboxylic acids is 1. The number of carbonyl (C=O) groups excluding carboxylic acids is 1.